The second-order valence-electron chi connectivity index (χ2n) is 7.40. The molecule has 2 N–H and O–H groups in total. The van der Waals surface area contributed by atoms with Gasteiger partial charge in [0.1, 0.15) is 11.1 Å². The fraction of sp³-hybridized carbons (Fsp3) is 0.381. The van der Waals surface area contributed by atoms with E-state index in [0.29, 0.717) is 36.7 Å². The van der Waals surface area contributed by atoms with Crippen molar-refractivity contribution in [3.63, 3.8) is 0 Å². The summed E-state index contributed by atoms with van der Waals surface area (Å²) in [5.74, 6) is -0.0826. The summed E-state index contributed by atoms with van der Waals surface area (Å²) in [6, 6.07) is 6.08. The predicted octanol–water partition coefficient (Wildman–Crippen LogP) is 3.25. The highest BCUT2D eigenvalue weighted by Gasteiger charge is 2.31. The molecule has 1 saturated heterocycles. The van der Waals surface area contributed by atoms with Gasteiger partial charge in [0.15, 0.2) is 0 Å². The Hall–Kier alpha value is -2.67. The van der Waals surface area contributed by atoms with E-state index in [4.69, 9.17) is 4.74 Å². The van der Waals surface area contributed by atoms with Gasteiger partial charge in [-0.25, -0.2) is 4.79 Å². The Morgan fingerprint density at radius 3 is 2.97 bits per heavy atom. The van der Waals surface area contributed by atoms with Gasteiger partial charge in [-0.05, 0) is 48.3 Å². The summed E-state index contributed by atoms with van der Waals surface area (Å²) in [5, 5.41) is 24.3. The molecule has 156 valence electrons. The largest absolute Gasteiger partial charge is 0.449 e. The fourth-order valence-electron chi connectivity index (χ4n) is 3.59. The lowest BCUT2D eigenvalue weighted by Crippen LogP contribution is -2.53. The van der Waals surface area contributed by atoms with E-state index < -0.39 is 6.10 Å². The zero-order chi connectivity index (χ0) is 21.1. The molecule has 1 unspecified atom stereocenters. The van der Waals surface area contributed by atoms with Crippen molar-refractivity contribution < 1.29 is 19.4 Å². The van der Waals surface area contributed by atoms with E-state index in [-0.39, 0.29) is 17.9 Å². The first-order chi connectivity index (χ1) is 14.5. The third-order valence-electron chi connectivity index (χ3n) is 5.22. The van der Waals surface area contributed by atoms with Crippen LogP contribution in [0, 0.1) is 17.2 Å². The molecule has 0 aromatic carbocycles. The van der Waals surface area contributed by atoms with E-state index in [2.05, 4.69) is 11.4 Å². The van der Waals surface area contributed by atoms with E-state index in [0.717, 1.165) is 28.2 Å². The van der Waals surface area contributed by atoms with Crippen LogP contribution in [0.5, 0.6) is 0 Å². The molecule has 1 aliphatic heterocycles. The Bertz CT molecular complexity index is 1000. The van der Waals surface area contributed by atoms with Crippen LogP contribution in [0.4, 0.5) is 9.80 Å². The van der Waals surface area contributed by atoms with Crippen molar-refractivity contribution in [1.29, 1.82) is 5.26 Å². The number of nitriles is 1. The van der Waals surface area contributed by atoms with E-state index in [1.165, 1.54) is 22.3 Å². The number of fused-ring (bicyclic) bond motifs is 1. The van der Waals surface area contributed by atoms with Crippen molar-refractivity contribution in [3.05, 3.63) is 44.5 Å². The average molecular weight is 444 g/mol. The first-order valence-electron chi connectivity index (χ1n) is 9.70. The molecule has 0 spiro atoms. The molecule has 2 amide bonds. The molecule has 1 fully saturated rings. The highest BCUT2D eigenvalue weighted by Crippen LogP contribution is 2.39. The lowest BCUT2D eigenvalue weighted by Gasteiger charge is -2.35. The number of aliphatic hydroxyl groups is 1. The van der Waals surface area contributed by atoms with Crippen molar-refractivity contribution in [3.8, 4) is 6.07 Å². The Morgan fingerprint density at radius 2 is 2.27 bits per heavy atom. The second kappa shape index (κ2) is 9.00. The van der Waals surface area contributed by atoms with E-state index in [1.807, 2.05) is 17.5 Å². The van der Waals surface area contributed by atoms with Crippen molar-refractivity contribution in [2.75, 3.05) is 25.0 Å². The van der Waals surface area contributed by atoms with E-state index in [1.54, 1.807) is 17.4 Å². The van der Waals surface area contributed by atoms with Gasteiger partial charge in [-0.2, -0.15) is 5.26 Å². The van der Waals surface area contributed by atoms with Crippen LogP contribution in [-0.4, -0.2) is 47.8 Å². The van der Waals surface area contributed by atoms with Gasteiger partial charge in [-0.3, -0.25) is 4.79 Å². The molecular formula is C21H21N3O4S2. The molecule has 2 aliphatic rings. The van der Waals surface area contributed by atoms with E-state index >= 15 is 0 Å². The third kappa shape index (κ3) is 4.56. The number of anilines is 1. The summed E-state index contributed by atoms with van der Waals surface area (Å²) >= 11 is 2.98. The van der Waals surface area contributed by atoms with Gasteiger partial charge in [0.25, 0.3) is 0 Å². The SMILES string of the molecule is N#Cc1c(NC(=O)/C=C/c2cccs2)sc2c1CCC(COC(=O)N1CC(O)C1)C2. The lowest BCUT2D eigenvalue weighted by atomic mass is 9.88. The number of nitrogens with one attached hydrogen (secondary N) is 1. The summed E-state index contributed by atoms with van der Waals surface area (Å²) in [5.41, 5.74) is 1.53. The van der Waals surface area contributed by atoms with Crippen LogP contribution >= 0.6 is 22.7 Å². The molecule has 7 nitrogen and oxygen atoms in total. The zero-order valence-corrected chi connectivity index (χ0v) is 17.8. The minimum absolute atomic E-state index is 0.181. The summed E-state index contributed by atoms with van der Waals surface area (Å²) < 4.78 is 5.38. The molecule has 1 atom stereocenters. The van der Waals surface area contributed by atoms with Crippen LogP contribution in [0.25, 0.3) is 6.08 Å². The third-order valence-corrected chi connectivity index (χ3v) is 7.23. The number of thiophene rings is 2. The first-order valence-corrected chi connectivity index (χ1v) is 11.4. The molecule has 2 aromatic rings. The number of ether oxygens (including phenoxy) is 1. The summed E-state index contributed by atoms with van der Waals surface area (Å²) in [6.45, 7) is 0.970. The molecule has 0 radical (unpaired) electrons. The number of rotatable bonds is 5. The van der Waals surface area contributed by atoms with Gasteiger partial charge in [-0.15, -0.1) is 22.7 Å². The van der Waals surface area contributed by atoms with Crippen LogP contribution in [0.1, 0.15) is 27.3 Å². The van der Waals surface area contributed by atoms with Gasteiger partial charge in [0.2, 0.25) is 5.91 Å². The van der Waals surface area contributed by atoms with Gasteiger partial charge in [0.05, 0.1) is 31.4 Å². The maximum atomic E-state index is 12.3. The maximum Gasteiger partial charge on any atom is 0.409 e. The predicted molar refractivity (Wildman–Crippen MR) is 115 cm³/mol. The minimum atomic E-state index is -0.445. The lowest BCUT2D eigenvalue weighted by molar-refractivity contribution is -0.111. The van der Waals surface area contributed by atoms with Gasteiger partial charge < -0.3 is 20.1 Å². The standard InChI is InChI=1S/C21H21N3O4S2/c22-9-17-16-5-3-13(12-28-21(27)24-10-14(25)11-24)8-18(16)30-20(17)23-19(26)6-4-15-2-1-7-29-15/h1-2,4,6-7,13-14,25H,3,5,8,10-12H2,(H,23,26)/b6-4+. The smallest absolute Gasteiger partial charge is 0.409 e. The van der Waals surface area contributed by atoms with Crippen LogP contribution < -0.4 is 5.32 Å². The number of hydrogen-bond acceptors (Lipinski definition) is 7. The number of nitrogens with zero attached hydrogens (tertiary/aromatic N) is 2. The number of likely N-dealkylation sites (tertiary alicyclic amines) is 1. The molecule has 3 heterocycles. The highest BCUT2D eigenvalue weighted by molar-refractivity contribution is 7.16. The summed E-state index contributed by atoms with van der Waals surface area (Å²) in [4.78, 5) is 27.7. The minimum Gasteiger partial charge on any atom is -0.449 e. The number of hydrogen-bond donors (Lipinski definition) is 2. The molecule has 0 bridgehead atoms. The highest BCUT2D eigenvalue weighted by atomic mass is 32.1. The average Bonchev–Trinajstić information content (AvgIpc) is 3.34. The van der Waals surface area contributed by atoms with Gasteiger partial charge in [0, 0.05) is 15.8 Å². The van der Waals surface area contributed by atoms with Crippen molar-refractivity contribution in [2.45, 2.75) is 25.4 Å². The number of carbonyl (C=O) groups excluding carboxylic acids is 2. The summed E-state index contributed by atoms with van der Waals surface area (Å²) in [7, 11) is 0. The van der Waals surface area contributed by atoms with Crippen LogP contribution in [-0.2, 0) is 22.4 Å². The Balaban J connectivity index is 1.36. The number of carbonyl (C=O) groups is 2. The molecular weight excluding hydrogens is 422 g/mol. The first kappa shape index (κ1) is 20.6. The molecule has 0 saturated carbocycles. The molecule has 2 aromatic heterocycles. The van der Waals surface area contributed by atoms with Crippen molar-refractivity contribution >= 4 is 45.8 Å². The Morgan fingerprint density at radius 1 is 1.43 bits per heavy atom. The molecule has 9 heteroatoms. The molecule has 4 rings (SSSR count). The van der Waals surface area contributed by atoms with Crippen LogP contribution in [0.2, 0.25) is 0 Å². The van der Waals surface area contributed by atoms with Crippen LogP contribution in [0.15, 0.2) is 23.6 Å². The van der Waals surface area contributed by atoms with Crippen molar-refractivity contribution in [2.24, 2.45) is 5.92 Å². The monoisotopic (exact) mass is 443 g/mol. The Kier molecular flexibility index (Phi) is 6.18. The zero-order valence-electron chi connectivity index (χ0n) is 16.2. The normalized spacial score (nSPS) is 18.5. The van der Waals surface area contributed by atoms with Crippen LogP contribution in [0.3, 0.4) is 0 Å². The van der Waals surface area contributed by atoms with E-state index in [9.17, 15) is 20.0 Å². The second-order valence-corrected chi connectivity index (χ2v) is 9.49. The number of aliphatic hydroxyl groups excluding tert-OH is 1. The topological polar surface area (TPSA) is 103 Å². The van der Waals surface area contributed by atoms with Gasteiger partial charge >= 0.3 is 6.09 Å². The fourth-order valence-corrected chi connectivity index (χ4v) is 5.52. The van der Waals surface area contributed by atoms with Crippen molar-refractivity contribution in [1.82, 2.24) is 4.90 Å². The molecule has 30 heavy (non-hydrogen) atoms. The van der Waals surface area contributed by atoms with Gasteiger partial charge in [-0.1, -0.05) is 6.07 Å². The quantitative estimate of drug-likeness (QED) is 0.691. The summed E-state index contributed by atoms with van der Waals surface area (Å²) in [6.07, 6.45) is 4.65. The Labute approximate surface area is 182 Å². The maximum absolute atomic E-state index is 12.3. The molecule has 1 aliphatic carbocycles. The number of β-amino-alcohol motifs (C(OH)–C–C–N with tert-alkyl or cyclic N) is 1. The number of amides is 2.